The van der Waals surface area contributed by atoms with E-state index < -0.39 is 0 Å². The van der Waals surface area contributed by atoms with E-state index in [1.807, 2.05) is 49.4 Å². The molecule has 4 aromatic rings. The third-order valence-electron chi connectivity index (χ3n) is 5.21. The minimum Gasteiger partial charge on any atom is -0.360 e. The second-order valence-corrected chi connectivity index (χ2v) is 7.06. The minimum absolute atomic E-state index is 0.0771. The van der Waals surface area contributed by atoms with Gasteiger partial charge in [0.2, 0.25) is 0 Å². The Morgan fingerprint density at radius 3 is 2.80 bits per heavy atom. The number of amides is 1. The summed E-state index contributed by atoms with van der Waals surface area (Å²) in [5, 5.41) is 20.9. The largest absolute Gasteiger partial charge is 0.360 e. The molecule has 0 aliphatic rings. The molecule has 0 atom stereocenters. The van der Waals surface area contributed by atoms with Gasteiger partial charge in [0, 0.05) is 34.8 Å². The second-order valence-electron chi connectivity index (χ2n) is 7.06. The van der Waals surface area contributed by atoms with Gasteiger partial charge in [-0.3, -0.25) is 4.79 Å². The summed E-state index contributed by atoms with van der Waals surface area (Å²) in [6.07, 6.45) is 6.55. The topological polar surface area (TPSA) is 94.5 Å². The highest BCUT2D eigenvalue weighted by Gasteiger charge is 2.12. The number of aromatic nitrogens is 3. The maximum absolute atomic E-state index is 12.8. The quantitative estimate of drug-likeness (QED) is 0.515. The number of nitriles is 1. The van der Waals surface area contributed by atoms with Crippen LogP contribution in [0.25, 0.3) is 22.0 Å². The lowest BCUT2D eigenvalue weighted by atomic mass is 9.98. The van der Waals surface area contributed by atoms with Crippen molar-refractivity contribution in [1.29, 1.82) is 5.26 Å². The number of nitrogens with zero attached hydrogens (tertiary/aromatic N) is 3. The summed E-state index contributed by atoms with van der Waals surface area (Å²) in [6, 6.07) is 15.9. The normalized spacial score (nSPS) is 10.7. The van der Waals surface area contributed by atoms with Crippen LogP contribution < -0.4 is 5.32 Å². The fourth-order valence-corrected chi connectivity index (χ4v) is 3.58. The second kappa shape index (κ2) is 8.58. The highest BCUT2D eigenvalue weighted by Crippen LogP contribution is 2.22. The standard InChI is InChI=1S/C24H21N5O/c1-2-17-12-18(19-8-10-28-29-15-19)4-5-21(17)24(30)26-9-7-16-3-6-23-22(11-16)20(13-25)14-27-23/h3-6,8,10-12,14-15,27H,2,7,9H2,1H3,(H,26,30). The summed E-state index contributed by atoms with van der Waals surface area (Å²) < 4.78 is 0. The van der Waals surface area contributed by atoms with Crippen molar-refractivity contribution in [2.24, 2.45) is 0 Å². The maximum atomic E-state index is 12.8. The summed E-state index contributed by atoms with van der Waals surface area (Å²) in [5.74, 6) is -0.0771. The molecule has 0 aliphatic carbocycles. The minimum atomic E-state index is -0.0771. The number of nitrogens with one attached hydrogen (secondary N) is 2. The monoisotopic (exact) mass is 395 g/mol. The van der Waals surface area contributed by atoms with Crippen molar-refractivity contribution in [3.63, 3.8) is 0 Å². The molecule has 0 unspecified atom stereocenters. The van der Waals surface area contributed by atoms with Crippen molar-refractivity contribution in [3.8, 4) is 17.2 Å². The molecule has 6 nitrogen and oxygen atoms in total. The van der Waals surface area contributed by atoms with Crippen molar-refractivity contribution in [3.05, 3.63) is 83.3 Å². The number of rotatable bonds is 6. The zero-order valence-electron chi connectivity index (χ0n) is 16.6. The van der Waals surface area contributed by atoms with Crippen LogP contribution >= 0.6 is 0 Å². The van der Waals surface area contributed by atoms with Gasteiger partial charge in [0.25, 0.3) is 5.91 Å². The molecule has 2 heterocycles. The lowest BCUT2D eigenvalue weighted by Gasteiger charge is -2.11. The molecule has 1 amide bonds. The van der Waals surface area contributed by atoms with Crippen molar-refractivity contribution < 1.29 is 4.79 Å². The number of carbonyl (C=O) groups excluding carboxylic acids is 1. The molecular weight excluding hydrogens is 374 g/mol. The smallest absolute Gasteiger partial charge is 0.251 e. The molecule has 0 saturated heterocycles. The van der Waals surface area contributed by atoms with Crippen molar-refractivity contribution in [1.82, 2.24) is 20.5 Å². The number of carbonyl (C=O) groups is 1. The Hall–Kier alpha value is -3.98. The molecule has 2 N–H and O–H groups in total. The molecule has 0 saturated carbocycles. The predicted molar refractivity (Wildman–Crippen MR) is 116 cm³/mol. The Morgan fingerprint density at radius 1 is 1.13 bits per heavy atom. The first-order valence-corrected chi connectivity index (χ1v) is 9.88. The van der Waals surface area contributed by atoms with Crippen LogP contribution in [0.2, 0.25) is 0 Å². The SMILES string of the molecule is CCc1cc(-c2ccnnc2)ccc1C(=O)NCCc1ccc2[nH]cc(C#N)c2c1. The Kier molecular flexibility index (Phi) is 5.53. The third kappa shape index (κ3) is 3.91. The van der Waals surface area contributed by atoms with E-state index in [1.165, 1.54) is 0 Å². The van der Waals surface area contributed by atoms with Gasteiger partial charge in [-0.25, -0.2) is 0 Å². The molecule has 0 radical (unpaired) electrons. The van der Waals surface area contributed by atoms with Crippen LogP contribution in [0.4, 0.5) is 0 Å². The first-order valence-electron chi connectivity index (χ1n) is 9.88. The Morgan fingerprint density at radius 2 is 2.03 bits per heavy atom. The van der Waals surface area contributed by atoms with E-state index in [2.05, 4.69) is 26.6 Å². The number of fused-ring (bicyclic) bond motifs is 1. The van der Waals surface area contributed by atoms with Crippen LogP contribution in [0, 0.1) is 11.3 Å². The Balaban J connectivity index is 1.44. The van der Waals surface area contributed by atoms with Crippen molar-refractivity contribution in [2.45, 2.75) is 19.8 Å². The fraction of sp³-hybridized carbons (Fsp3) is 0.167. The van der Waals surface area contributed by atoms with E-state index in [1.54, 1.807) is 18.6 Å². The summed E-state index contributed by atoms with van der Waals surface area (Å²) in [7, 11) is 0. The number of hydrogen-bond donors (Lipinski definition) is 2. The third-order valence-corrected chi connectivity index (χ3v) is 5.21. The first-order chi connectivity index (χ1) is 14.7. The van der Waals surface area contributed by atoms with E-state index in [-0.39, 0.29) is 5.91 Å². The van der Waals surface area contributed by atoms with Gasteiger partial charge >= 0.3 is 0 Å². The van der Waals surface area contributed by atoms with Gasteiger partial charge in [-0.05, 0) is 53.8 Å². The molecule has 2 aromatic carbocycles. The van der Waals surface area contributed by atoms with Gasteiger partial charge in [0.05, 0.1) is 18.0 Å². The maximum Gasteiger partial charge on any atom is 0.251 e. The molecule has 0 aliphatic heterocycles. The van der Waals surface area contributed by atoms with Crippen LogP contribution in [0.5, 0.6) is 0 Å². The summed E-state index contributed by atoms with van der Waals surface area (Å²) in [4.78, 5) is 15.8. The number of aromatic amines is 1. The molecular formula is C24H21N5O. The molecule has 4 rings (SSSR count). The predicted octanol–water partition coefficient (Wildman–Crippen LogP) is 4.03. The fourth-order valence-electron chi connectivity index (χ4n) is 3.58. The van der Waals surface area contributed by atoms with E-state index >= 15 is 0 Å². The Bertz CT molecular complexity index is 1240. The van der Waals surface area contributed by atoms with Crippen molar-refractivity contribution >= 4 is 16.8 Å². The number of H-pyrrole nitrogens is 1. The molecule has 148 valence electrons. The molecule has 0 fully saturated rings. The lowest BCUT2D eigenvalue weighted by molar-refractivity contribution is 0.0953. The Labute approximate surface area is 174 Å². The van der Waals surface area contributed by atoms with Gasteiger partial charge in [-0.15, -0.1) is 0 Å². The van der Waals surface area contributed by atoms with Gasteiger partial charge in [-0.1, -0.05) is 25.1 Å². The molecule has 0 bridgehead atoms. The molecule has 30 heavy (non-hydrogen) atoms. The van der Waals surface area contributed by atoms with E-state index in [0.717, 1.165) is 39.6 Å². The van der Waals surface area contributed by atoms with Gasteiger partial charge < -0.3 is 10.3 Å². The van der Waals surface area contributed by atoms with Gasteiger partial charge in [-0.2, -0.15) is 15.5 Å². The van der Waals surface area contributed by atoms with Gasteiger partial charge in [0.15, 0.2) is 0 Å². The number of aryl methyl sites for hydroxylation is 1. The first kappa shape index (κ1) is 19.3. The van der Waals surface area contributed by atoms with Crippen LogP contribution in [0.3, 0.4) is 0 Å². The van der Waals surface area contributed by atoms with E-state index in [4.69, 9.17) is 0 Å². The van der Waals surface area contributed by atoms with Crippen LogP contribution in [0.1, 0.15) is 34.0 Å². The van der Waals surface area contributed by atoms with Crippen LogP contribution in [0.15, 0.2) is 61.1 Å². The molecule has 6 heteroatoms. The zero-order chi connectivity index (χ0) is 20.9. The van der Waals surface area contributed by atoms with Crippen LogP contribution in [-0.2, 0) is 12.8 Å². The van der Waals surface area contributed by atoms with Crippen LogP contribution in [-0.4, -0.2) is 27.6 Å². The molecule has 0 spiro atoms. The lowest BCUT2D eigenvalue weighted by Crippen LogP contribution is -2.26. The average molecular weight is 395 g/mol. The summed E-state index contributed by atoms with van der Waals surface area (Å²) >= 11 is 0. The summed E-state index contributed by atoms with van der Waals surface area (Å²) in [6.45, 7) is 2.56. The van der Waals surface area contributed by atoms with Crippen molar-refractivity contribution in [2.75, 3.05) is 6.54 Å². The molecule has 2 aromatic heterocycles. The van der Waals surface area contributed by atoms with Gasteiger partial charge in [0.1, 0.15) is 6.07 Å². The average Bonchev–Trinajstić information content (AvgIpc) is 3.21. The number of benzene rings is 2. The zero-order valence-corrected chi connectivity index (χ0v) is 16.6. The summed E-state index contributed by atoms with van der Waals surface area (Å²) in [5.41, 5.74) is 6.33. The van der Waals surface area contributed by atoms with E-state index in [0.29, 0.717) is 24.1 Å². The highest BCUT2D eigenvalue weighted by molar-refractivity contribution is 5.96. The highest BCUT2D eigenvalue weighted by atomic mass is 16.1. The van der Waals surface area contributed by atoms with E-state index in [9.17, 15) is 10.1 Å². The number of hydrogen-bond acceptors (Lipinski definition) is 4.